The molecule has 1 heterocycles. The Balaban J connectivity index is 2.93. The van der Waals surface area contributed by atoms with Crippen molar-refractivity contribution in [1.29, 1.82) is 0 Å². The highest BCUT2D eigenvalue weighted by atomic mass is 32.2. The lowest BCUT2D eigenvalue weighted by atomic mass is 9.85. The monoisotopic (exact) mass is 175 g/mol. The van der Waals surface area contributed by atoms with Crippen molar-refractivity contribution in [1.82, 2.24) is 0 Å². The maximum absolute atomic E-state index is 10.8. The molecule has 1 aliphatic rings. The van der Waals surface area contributed by atoms with Crippen LogP contribution < -0.4 is 5.73 Å². The molecular formula is C7H13NO2S. The number of carboxylic acid groups (broad SMARTS) is 1. The van der Waals surface area contributed by atoms with Crippen LogP contribution in [0.3, 0.4) is 0 Å². The topological polar surface area (TPSA) is 63.3 Å². The SMILES string of the molecule is CC1(C)SCC[C@@]1(N)C(=O)O. The van der Waals surface area contributed by atoms with E-state index < -0.39 is 11.5 Å². The number of carboxylic acids is 1. The number of thioether (sulfide) groups is 1. The van der Waals surface area contributed by atoms with Gasteiger partial charge in [0.05, 0.1) is 0 Å². The highest BCUT2D eigenvalue weighted by Gasteiger charge is 2.52. The van der Waals surface area contributed by atoms with Crippen LogP contribution in [0, 0.1) is 0 Å². The number of aliphatic carboxylic acids is 1. The third kappa shape index (κ3) is 1.14. The molecule has 64 valence electrons. The van der Waals surface area contributed by atoms with Crippen molar-refractivity contribution in [3.63, 3.8) is 0 Å². The Bertz CT molecular complexity index is 193. The van der Waals surface area contributed by atoms with E-state index in [1.165, 1.54) is 0 Å². The van der Waals surface area contributed by atoms with Gasteiger partial charge in [0.15, 0.2) is 0 Å². The molecule has 0 aromatic heterocycles. The molecule has 1 atom stereocenters. The van der Waals surface area contributed by atoms with E-state index in [1.807, 2.05) is 13.8 Å². The zero-order chi connectivity index (χ0) is 8.70. The second kappa shape index (κ2) is 2.38. The first kappa shape index (κ1) is 8.87. The first-order valence-corrected chi connectivity index (χ1v) is 4.55. The van der Waals surface area contributed by atoms with Crippen molar-refractivity contribution >= 4 is 17.7 Å². The number of nitrogens with two attached hydrogens (primary N) is 1. The summed E-state index contributed by atoms with van der Waals surface area (Å²) in [5.74, 6) is -0.0389. The first-order valence-electron chi connectivity index (χ1n) is 3.56. The summed E-state index contributed by atoms with van der Waals surface area (Å²) in [6, 6.07) is 0. The van der Waals surface area contributed by atoms with E-state index in [4.69, 9.17) is 10.8 Å². The molecule has 1 saturated heterocycles. The van der Waals surface area contributed by atoms with Crippen LogP contribution in [0.2, 0.25) is 0 Å². The molecule has 0 bridgehead atoms. The quantitative estimate of drug-likeness (QED) is 0.615. The van der Waals surface area contributed by atoms with Gasteiger partial charge in [-0.3, -0.25) is 4.79 Å². The second-order valence-electron chi connectivity index (χ2n) is 3.39. The first-order chi connectivity index (χ1) is 4.90. The predicted octanol–water partition coefficient (Wildman–Crippen LogP) is 0.684. The van der Waals surface area contributed by atoms with Crippen molar-refractivity contribution in [3.05, 3.63) is 0 Å². The van der Waals surface area contributed by atoms with Gasteiger partial charge in [-0.2, -0.15) is 11.8 Å². The van der Waals surface area contributed by atoms with E-state index in [0.717, 1.165) is 5.75 Å². The zero-order valence-electron chi connectivity index (χ0n) is 6.76. The zero-order valence-corrected chi connectivity index (χ0v) is 7.57. The van der Waals surface area contributed by atoms with Crippen molar-refractivity contribution in [2.75, 3.05) is 5.75 Å². The van der Waals surface area contributed by atoms with Crippen LogP contribution in [-0.2, 0) is 4.79 Å². The van der Waals surface area contributed by atoms with Gasteiger partial charge in [-0.15, -0.1) is 0 Å². The van der Waals surface area contributed by atoms with Gasteiger partial charge < -0.3 is 10.8 Å². The molecule has 4 heteroatoms. The lowest BCUT2D eigenvalue weighted by Crippen LogP contribution is -2.58. The molecule has 1 aliphatic heterocycles. The Hall–Kier alpha value is -0.220. The van der Waals surface area contributed by atoms with Crippen LogP contribution >= 0.6 is 11.8 Å². The van der Waals surface area contributed by atoms with Gasteiger partial charge in [0.1, 0.15) is 5.54 Å². The fourth-order valence-electron chi connectivity index (χ4n) is 1.26. The molecule has 1 fully saturated rings. The lowest BCUT2D eigenvalue weighted by Gasteiger charge is -2.32. The molecule has 0 radical (unpaired) electrons. The summed E-state index contributed by atoms with van der Waals surface area (Å²) in [4.78, 5) is 10.8. The van der Waals surface area contributed by atoms with Crippen molar-refractivity contribution in [2.45, 2.75) is 30.6 Å². The molecule has 3 nitrogen and oxygen atoms in total. The average molecular weight is 175 g/mol. The van der Waals surface area contributed by atoms with Crippen LogP contribution in [-0.4, -0.2) is 27.1 Å². The molecule has 0 unspecified atom stereocenters. The molecular weight excluding hydrogens is 162 g/mol. The Labute approximate surface area is 70.3 Å². The van der Waals surface area contributed by atoms with E-state index >= 15 is 0 Å². The summed E-state index contributed by atoms with van der Waals surface area (Å²) >= 11 is 1.63. The largest absolute Gasteiger partial charge is 0.480 e. The average Bonchev–Trinajstić information content (AvgIpc) is 2.09. The normalized spacial score (nSPS) is 35.5. The van der Waals surface area contributed by atoms with Crippen molar-refractivity contribution in [3.8, 4) is 0 Å². The van der Waals surface area contributed by atoms with Gasteiger partial charge in [-0.1, -0.05) is 0 Å². The standard InChI is InChI=1S/C7H13NO2S/c1-6(2)7(8,5(9)10)3-4-11-6/h3-4,8H2,1-2H3,(H,9,10)/t7-/m1/s1. The number of rotatable bonds is 1. The van der Waals surface area contributed by atoms with Gasteiger partial charge in [-0.05, 0) is 26.0 Å². The molecule has 0 saturated carbocycles. The minimum atomic E-state index is -1.03. The summed E-state index contributed by atoms with van der Waals surface area (Å²) in [5.41, 5.74) is 4.73. The highest BCUT2D eigenvalue weighted by Crippen LogP contribution is 2.43. The van der Waals surface area contributed by atoms with Gasteiger partial charge >= 0.3 is 5.97 Å². The van der Waals surface area contributed by atoms with Crippen molar-refractivity contribution < 1.29 is 9.90 Å². The van der Waals surface area contributed by atoms with Gasteiger partial charge in [0, 0.05) is 4.75 Å². The van der Waals surface area contributed by atoms with Crippen molar-refractivity contribution in [2.24, 2.45) is 5.73 Å². The molecule has 3 N–H and O–H groups in total. The van der Waals surface area contributed by atoms with E-state index in [1.54, 1.807) is 11.8 Å². The molecule has 0 aromatic rings. The van der Waals surface area contributed by atoms with Crippen LogP contribution in [0.25, 0.3) is 0 Å². The van der Waals surface area contributed by atoms with Gasteiger partial charge in [0.25, 0.3) is 0 Å². The molecule has 0 aromatic carbocycles. The van der Waals surface area contributed by atoms with E-state index in [0.29, 0.717) is 6.42 Å². The predicted molar refractivity (Wildman–Crippen MR) is 45.7 cm³/mol. The highest BCUT2D eigenvalue weighted by molar-refractivity contribution is 8.01. The van der Waals surface area contributed by atoms with Crippen LogP contribution in [0.15, 0.2) is 0 Å². The summed E-state index contributed by atoms with van der Waals surface area (Å²) in [6.07, 6.45) is 0.569. The molecule has 0 spiro atoms. The summed E-state index contributed by atoms with van der Waals surface area (Å²) in [5, 5.41) is 8.87. The van der Waals surface area contributed by atoms with E-state index in [2.05, 4.69) is 0 Å². The molecule has 0 amide bonds. The lowest BCUT2D eigenvalue weighted by molar-refractivity contribution is -0.144. The summed E-state index contributed by atoms with van der Waals surface area (Å²) < 4.78 is -0.334. The molecule has 1 rings (SSSR count). The minimum Gasteiger partial charge on any atom is -0.480 e. The summed E-state index contributed by atoms with van der Waals surface area (Å²) in [7, 11) is 0. The van der Waals surface area contributed by atoms with Gasteiger partial charge in [-0.25, -0.2) is 0 Å². The Morgan fingerprint density at radius 2 is 2.18 bits per heavy atom. The third-order valence-electron chi connectivity index (χ3n) is 2.42. The molecule has 11 heavy (non-hydrogen) atoms. The summed E-state index contributed by atoms with van der Waals surface area (Å²) in [6.45, 7) is 3.78. The van der Waals surface area contributed by atoms with Crippen LogP contribution in [0.1, 0.15) is 20.3 Å². The van der Waals surface area contributed by atoms with Crippen LogP contribution in [0.4, 0.5) is 0 Å². The van der Waals surface area contributed by atoms with Gasteiger partial charge in [0.2, 0.25) is 0 Å². The number of hydrogen-bond acceptors (Lipinski definition) is 3. The van der Waals surface area contributed by atoms with E-state index in [9.17, 15) is 4.79 Å². The Kier molecular flexibility index (Phi) is 1.92. The maximum atomic E-state index is 10.8. The second-order valence-corrected chi connectivity index (χ2v) is 5.10. The number of hydrogen-bond donors (Lipinski definition) is 2. The van der Waals surface area contributed by atoms with Crippen LogP contribution in [0.5, 0.6) is 0 Å². The molecule has 0 aliphatic carbocycles. The fourth-order valence-corrected chi connectivity index (χ4v) is 2.64. The smallest absolute Gasteiger partial charge is 0.325 e. The fraction of sp³-hybridized carbons (Fsp3) is 0.857. The number of carbonyl (C=O) groups is 1. The Morgan fingerprint density at radius 1 is 1.64 bits per heavy atom. The third-order valence-corrected chi connectivity index (χ3v) is 3.91. The minimum absolute atomic E-state index is 0.334. The maximum Gasteiger partial charge on any atom is 0.325 e. The Morgan fingerprint density at radius 3 is 2.36 bits per heavy atom. The van der Waals surface area contributed by atoms with E-state index in [-0.39, 0.29) is 4.75 Å².